The summed E-state index contributed by atoms with van der Waals surface area (Å²) in [6.07, 6.45) is 3.41. The summed E-state index contributed by atoms with van der Waals surface area (Å²) in [6.45, 7) is 5.11. The third-order valence-electron chi connectivity index (χ3n) is 2.97. The Bertz CT molecular complexity index is 377. The number of nitrogens with two attached hydrogens (primary N) is 1. The Morgan fingerprint density at radius 1 is 1.43 bits per heavy atom. The van der Waals surface area contributed by atoms with E-state index in [1.807, 2.05) is 0 Å². The van der Waals surface area contributed by atoms with Crippen LogP contribution < -0.4 is 5.73 Å². The molecule has 1 heteroatoms. The van der Waals surface area contributed by atoms with Crippen molar-refractivity contribution in [3.63, 3.8) is 0 Å². The molecule has 2 N–H and O–H groups in total. The van der Waals surface area contributed by atoms with Crippen LogP contribution in [0.25, 0.3) is 6.08 Å². The fourth-order valence-corrected chi connectivity index (χ4v) is 2.12. The number of hydrogen-bond donors (Lipinski definition) is 1. The molecular weight excluding hydrogens is 170 g/mol. The highest BCUT2D eigenvalue weighted by Gasteiger charge is 2.15. The monoisotopic (exact) mass is 187 g/mol. The average molecular weight is 187 g/mol. The van der Waals surface area contributed by atoms with E-state index >= 15 is 0 Å². The molecule has 1 aromatic rings. The number of hydrogen-bond acceptors (Lipinski definition) is 1. The third-order valence-corrected chi connectivity index (χ3v) is 2.97. The quantitative estimate of drug-likeness (QED) is 0.757. The highest BCUT2D eigenvalue weighted by molar-refractivity contribution is 5.66. The summed E-state index contributed by atoms with van der Waals surface area (Å²) in [7, 11) is 0. The molecule has 74 valence electrons. The van der Waals surface area contributed by atoms with Gasteiger partial charge in [0.2, 0.25) is 0 Å². The highest BCUT2D eigenvalue weighted by Crippen LogP contribution is 2.31. The van der Waals surface area contributed by atoms with Gasteiger partial charge in [0.15, 0.2) is 0 Å². The zero-order chi connectivity index (χ0) is 10.1. The molecule has 0 radical (unpaired) electrons. The van der Waals surface area contributed by atoms with Gasteiger partial charge in [-0.25, -0.2) is 0 Å². The van der Waals surface area contributed by atoms with E-state index in [-0.39, 0.29) is 0 Å². The lowest BCUT2D eigenvalue weighted by Crippen LogP contribution is -2.10. The van der Waals surface area contributed by atoms with Crippen LogP contribution in [0.4, 0.5) is 0 Å². The minimum Gasteiger partial charge on any atom is -0.330 e. The summed E-state index contributed by atoms with van der Waals surface area (Å²) in [4.78, 5) is 0. The van der Waals surface area contributed by atoms with Gasteiger partial charge in [-0.3, -0.25) is 0 Å². The molecule has 0 aliphatic heterocycles. The van der Waals surface area contributed by atoms with Crippen LogP contribution in [-0.2, 0) is 6.42 Å². The van der Waals surface area contributed by atoms with Gasteiger partial charge < -0.3 is 5.73 Å². The van der Waals surface area contributed by atoms with Crippen molar-refractivity contribution >= 4 is 6.08 Å². The fraction of sp³-hybridized carbons (Fsp3) is 0.385. The molecule has 1 aliphatic carbocycles. The first-order valence-corrected chi connectivity index (χ1v) is 5.21. The minimum atomic E-state index is 0.465. The molecule has 0 saturated carbocycles. The standard InChI is InChI=1S/C13H17N/c1-9-6-11-4-3-5-12(10(2)8-14)13(11)7-9/h3-5,7,10H,6,8,14H2,1-2H3. The van der Waals surface area contributed by atoms with Crippen LogP contribution in [0, 0.1) is 0 Å². The van der Waals surface area contributed by atoms with Gasteiger partial charge in [0, 0.05) is 0 Å². The molecule has 1 aromatic carbocycles. The molecule has 1 nitrogen and oxygen atoms in total. The molecule has 1 atom stereocenters. The molecule has 0 bridgehead atoms. The minimum absolute atomic E-state index is 0.465. The third kappa shape index (κ3) is 1.48. The SMILES string of the molecule is CC1=Cc2c(cccc2C(C)CN)C1. The van der Waals surface area contributed by atoms with Crippen LogP contribution in [0.3, 0.4) is 0 Å². The summed E-state index contributed by atoms with van der Waals surface area (Å²) in [6, 6.07) is 6.56. The zero-order valence-corrected chi connectivity index (χ0v) is 8.88. The predicted octanol–water partition coefficient (Wildman–Crippen LogP) is 2.71. The van der Waals surface area contributed by atoms with E-state index in [4.69, 9.17) is 5.73 Å². The molecule has 1 unspecified atom stereocenters. The summed E-state index contributed by atoms with van der Waals surface area (Å²) >= 11 is 0. The summed E-state index contributed by atoms with van der Waals surface area (Å²) < 4.78 is 0. The molecule has 0 heterocycles. The Morgan fingerprint density at radius 3 is 2.93 bits per heavy atom. The maximum Gasteiger partial charge on any atom is -0.00107 e. The van der Waals surface area contributed by atoms with Crippen LogP contribution in [0.1, 0.15) is 36.5 Å². The average Bonchev–Trinajstić information content (AvgIpc) is 2.56. The summed E-state index contributed by atoms with van der Waals surface area (Å²) in [5, 5.41) is 0. The highest BCUT2D eigenvalue weighted by atomic mass is 14.5. The summed E-state index contributed by atoms with van der Waals surface area (Å²) in [5.41, 5.74) is 11.4. The van der Waals surface area contributed by atoms with Gasteiger partial charge in [-0.1, -0.05) is 36.8 Å². The van der Waals surface area contributed by atoms with Gasteiger partial charge in [-0.15, -0.1) is 0 Å². The van der Waals surface area contributed by atoms with Crippen LogP contribution in [0.15, 0.2) is 23.8 Å². The predicted molar refractivity (Wildman–Crippen MR) is 61.3 cm³/mol. The van der Waals surface area contributed by atoms with E-state index in [0.717, 1.165) is 13.0 Å². The largest absolute Gasteiger partial charge is 0.330 e. The second-order valence-corrected chi connectivity index (χ2v) is 4.22. The van der Waals surface area contributed by atoms with Gasteiger partial charge >= 0.3 is 0 Å². The topological polar surface area (TPSA) is 26.0 Å². The Hall–Kier alpha value is -1.08. The van der Waals surface area contributed by atoms with Crippen molar-refractivity contribution < 1.29 is 0 Å². The van der Waals surface area contributed by atoms with Gasteiger partial charge in [-0.2, -0.15) is 0 Å². The molecule has 0 fully saturated rings. The lowest BCUT2D eigenvalue weighted by molar-refractivity contribution is 0.771. The van der Waals surface area contributed by atoms with Crippen LogP contribution in [-0.4, -0.2) is 6.54 Å². The maximum absolute atomic E-state index is 5.71. The first-order chi connectivity index (χ1) is 6.72. The second kappa shape index (κ2) is 3.58. The van der Waals surface area contributed by atoms with Crippen molar-refractivity contribution in [2.24, 2.45) is 5.73 Å². The van der Waals surface area contributed by atoms with Crippen LogP contribution in [0.2, 0.25) is 0 Å². The first kappa shape index (κ1) is 9.47. The normalized spacial score (nSPS) is 16.4. The zero-order valence-electron chi connectivity index (χ0n) is 8.88. The van der Waals surface area contributed by atoms with Crippen LogP contribution in [0.5, 0.6) is 0 Å². The van der Waals surface area contributed by atoms with E-state index in [1.54, 1.807) is 0 Å². The van der Waals surface area contributed by atoms with Crippen molar-refractivity contribution in [3.8, 4) is 0 Å². The lowest BCUT2D eigenvalue weighted by atomic mass is 9.94. The number of benzene rings is 1. The molecular formula is C13H17N. The second-order valence-electron chi connectivity index (χ2n) is 4.22. The lowest BCUT2D eigenvalue weighted by Gasteiger charge is -2.13. The van der Waals surface area contributed by atoms with E-state index in [9.17, 15) is 0 Å². The number of allylic oxidation sites excluding steroid dienone is 1. The fourth-order valence-electron chi connectivity index (χ4n) is 2.12. The molecule has 2 rings (SSSR count). The van der Waals surface area contributed by atoms with Crippen molar-refractivity contribution in [1.82, 2.24) is 0 Å². The van der Waals surface area contributed by atoms with Gasteiger partial charge in [0.1, 0.15) is 0 Å². The first-order valence-electron chi connectivity index (χ1n) is 5.21. The van der Waals surface area contributed by atoms with Crippen LogP contribution >= 0.6 is 0 Å². The maximum atomic E-state index is 5.71. The number of rotatable bonds is 2. The molecule has 1 aliphatic rings. The van der Waals surface area contributed by atoms with Gasteiger partial charge in [-0.05, 0) is 42.5 Å². The Balaban J connectivity index is 2.47. The molecule has 0 aromatic heterocycles. The Kier molecular flexibility index (Phi) is 2.42. The molecule has 14 heavy (non-hydrogen) atoms. The van der Waals surface area contributed by atoms with E-state index in [2.05, 4.69) is 38.1 Å². The van der Waals surface area contributed by atoms with E-state index < -0.39 is 0 Å². The van der Waals surface area contributed by atoms with E-state index in [0.29, 0.717) is 5.92 Å². The van der Waals surface area contributed by atoms with Crippen molar-refractivity contribution in [3.05, 3.63) is 40.5 Å². The molecule has 0 spiro atoms. The smallest absolute Gasteiger partial charge is 0.00107 e. The number of fused-ring (bicyclic) bond motifs is 1. The van der Waals surface area contributed by atoms with Gasteiger partial charge in [0.25, 0.3) is 0 Å². The molecule has 0 amide bonds. The van der Waals surface area contributed by atoms with Crippen molar-refractivity contribution in [1.29, 1.82) is 0 Å². The summed E-state index contributed by atoms with van der Waals surface area (Å²) in [5.74, 6) is 0.465. The Morgan fingerprint density at radius 2 is 2.21 bits per heavy atom. The van der Waals surface area contributed by atoms with E-state index in [1.165, 1.54) is 22.3 Å². The molecule has 0 saturated heterocycles. The van der Waals surface area contributed by atoms with Crippen molar-refractivity contribution in [2.45, 2.75) is 26.2 Å². The Labute approximate surface area is 85.6 Å². The van der Waals surface area contributed by atoms with Gasteiger partial charge in [0.05, 0.1) is 0 Å². The van der Waals surface area contributed by atoms with Crippen molar-refractivity contribution in [2.75, 3.05) is 6.54 Å².